The normalized spacial score (nSPS) is 19.7. The van der Waals surface area contributed by atoms with Gasteiger partial charge in [-0.2, -0.15) is 0 Å². The molecule has 2 rings (SSSR count). The van der Waals surface area contributed by atoms with Gasteiger partial charge in [0.05, 0.1) is 0 Å². The average Bonchev–Trinajstić information content (AvgIpc) is 2.33. The minimum absolute atomic E-state index is 0.197. The van der Waals surface area contributed by atoms with Crippen LogP contribution in [-0.4, -0.2) is 13.1 Å². The van der Waals surface area contributed by atoms with Gasteiger partial charge in [0.25, 0.3) is 0 Å². The van der Waals surface area contributed by atoms with Crippen LogP contribution in [0.15, 0.2) is 18.2 Å². The fourth-order valence-corrected chi connectivity index (χ4v) is 2.20. The highest BCUT2D eigenvalue weighted by Gasteiger charge is 2.22. The number of benzene rings is 1. The monoisotopic (exact) mass is 226 g/mol. The van der Waals surface area contributed by atoms with Gasteiger partial charge in [-0.3, -0.25) is 0 Å². The molecule has 1 aliphatic rings. The van der Waals surface area contributed by atoms with Gasteiger partial charge < -0.3 is 11.1 Å². The van der Waals surface area contributed by atoms with E-state index in [9.17, 15) is 8.78 Å². The molecule has 0 unspecified atom stereocenters. The first-order valence-electron chi connectivity index (χ1n) is 5.59. The van der Waals surface area contributed by atoms with Crippen molar-refractivity contribution < 1.29 is 8.78 Å². The third-order valence-corrected chi connectivity index (χ3v) is 3.22. The maximum absolute atomic E-state index is 13.1. The Morgan fingerprint density at radius 2 is 1.88 bits per heavy atom. The van der Waals surface area contributed by atoms with Gasteiger partial charge in [0.15, 0.2) is 11.6 Å². The molecule has 2 nitrogen and oxygen atoms in total. The van der Waals surface area contributed by atoms with Gasteiger partial charge in [0.1, 0.15) is 0 Å². The molecule has 0 amide bonds. The van der Waals surface area contributed by atoms with Crippen molar-refractivity contribution in [2.24, 2.45) is 11.7 Å². The molecule has 0 aliphatic carbocycles. The van der Waals surface area contributed by atoms with Gasteiger partial charge in [-0.25, -0.2) is 8.78 Å². The Morgan fingerprint density at radius 1 is 1.19 bits per heavy atom. The summed E-state index contributed by atoms with van der Waals surface area (Å²) in [6.07, 6.45) is 1.97. The predicted molar refractivity (Wildman–Crippen MR) is 58.9 cm³/mol. The highest BCUT2D eigenvalue weighted by Crippen LogP contribution is 2.27. The molecule has 0 radical (unpaired) electrons. The maximum atomic E-state index is 13.1. The van der Waals surface area contributed by atoms with Crippen LogP contribution in [0.5, 0.6) is 0 Å². The second-order valence-electron chi connectivity index (χ2n) is 4.29. The van der Waals surface area contributed by atoms with Crippen LogP contribution in [0.4, 0.5) is 8.78 Å². The molecule has 0 aromatic heterocycles. The second kappa shape index (κ2) is 4.89. The Morgan fingerprint density at radius 3 is 2.50 bits per heavy atom. The molecule has 4 heteroatoms. The summed E-state index contributed by atoms with van der Waals surface area (Å²) in [6, 6.07) is 3.73. The summed E-state index contributed by atoms with van der Waals surface area (Å²) in [5.74, 6) is -1.28. The Bertz CT molecular complexity index is 362. The standard InChI is InChI=1S/C12H16F2N2/c13-10-2-1-9(7-11(10)14)12(15)8-3-5-16-6-4-8/h1-2,7-8,12,16H,3-6,15H2/t12-/m1/s1. The Hall–Kier alpha value is -1.00. The zero-order valence-electron chi connectivity index (χ0n) is 9.05. The lowest BCUT2D eigenvalue weighted by Crippen LogP contribution is -2.33. The van der Waals surface area contributed by atoms with Crippen LogP contribution in [0, 0.1) is 17.6 Å². The van der Waals surface area contributed by atoms with E-state index in [-0.39, 0.29) is 6.04 Å². The molecule has 1 saturated heterocycles. The molecule has 1 atom stereocenters. The third-order valence-electron chi connectivity index (χ3n) is 3.22. The maximum Gasteiger partial charge on any atom is 0.159 e. The zero-order valence-corrected chi connectivity index (χ0v) is 9.05. The van der Waals surface area contributed by atoms with E-state index in [1.54, 1.807) is 6.07 Å². The fourth-order valence-electron chi connectivity index (χ4n) is 2.20. The van der Waals surface area contributed by atoms with E-state index in [4.69, 9.17) is 5.73 Å². The minimum Gasteiger partial charge on any atom is -0.324 e. The van der Waals surface area contributed by atoms with E-state index in [0.29, 0.717) is 11.5 Å². The molecule has 1 heterocycles. The predicted octanol–water partition coefficient (Wildman–Crippen LogP) is 1.96. The summed E-state index contributed by atoms with van der Waals surface area (Å²) in [5, 5.41) is 3.25. The molecular weight excluding hydrogens is 210 g/mol. The van der Waals surface area contributed by atoms with Gasteiger partial charge in [0, 0.05) is 6.04 Å². The molecule has 88 valence electrons. The summed E-state index contributed by atoms with van der Waals surface area (Å²) in [4.78, 5) is 0. The van der Waals surface area contributed by atoms with Gasteiger partial charge in [-0.15, -0.1) is 0 Å². The van der Waals surface area contributed by atoms with E-state index in [0.717, 1.165) is 32.0 Å². The molecule has 1 fully saturated rings. The van der Waals surface area contributed by atoms with Crippen molar-refractivity contribution in [3.05, 3.63) is 35.4 Å². The number of nitrogens with one attached hydrogen (secondary N) is 1. The van der Waals surface area contributed by atoms with Crippen molar-refractivity contribution in [1.82, 2.24) is 5.32 Å². The number of hydrogen-bond donors (Lipinski definition) is 2. The van der Waals surface area contributed by atoms with E-state index in [2.05, 4.69) is 5.32 Å². The number of piperidine rings is 1. The van der Waals surface area contributed by atoms with Gasteiger partial charge in [-0.1, -0.05) is 6.07 Å². The Kier molecular flexibility index (Phi) is 3.51. The minimum atomic E-state index is -0.818. The van der Waals surface area contributed by atoms with Crippen molar-refractivity contribution in [3.8, 4) is 0 Å². The van der Waals surface area contributed by atoms with E-state index >= 15 is 0 Å². The highest BCUT2D eigenvalue weighted by atomic mass is 19.2. The fraction of sp³-hybridized carbons (Fsp3) is 0.500. The summed E-state index contributed by atoms with van der Waals surface area (Å²) in [6.45, 7) is 1.89. The van der Waals surface area contributed by atoms with Crippen LogP contribution in [0.3, 0.4) is 0 Å². The summed E-state index contributed by atoms with van der Waals surface area (Å²) in [7, 11) is 0. The zero-order chi connectivity index (χ0) is 11.5. The Balaban J connectivity index is 2.12. The van der Waals surface area contributed by atoms with Crippen molar-refractivity contribution in [2.45, 2.75) is 18.9 Å². The first-order valence-corrected chi connectivity index (χ1v) is 5.59. The topological polar surface area (TPSA) is 38.0 Å². The summed E-state index contributed by atoms with van der Waals surface area (Å²) in [5.41, 5.74) is 6.76. The molecule has 16 heavy (non-hydrogen) atoms. The molecule has 0 bridgehead atoms. The molecule has 3 N–H and O–H groups in total. The molecule has 1 aromatic carbocycles. The highest BCUT2D eigenvalue weighted by molar-refractivity contribution is 5.21. The van der Waals surface area contributed by atoms with Crippen molar-refractivity contribution in [2.75, 3.05) is 13.1 Å². The molecular formula is C12H16F2N2. The third kappa shape index (κ3) is 2.39. The van der Waals surface area contributed by atoms with Crippen LogP contribution < -0.4 is 11.1 Å². The van der Waals surface area contributed by atoms with E-state index < -0.39 is 11.6 Å². The molecule has 0 spiro atoms. The van der Waals surface area contributed by atoms with Crippen LogP contribution in [0.1, 0.15) is 24.4 Å². The first kappa shape index (κ1) is 11.5. The van der Waals surface area contributed by atoms with Crippen LogP contribution >= 0.6 is 0 Å². The van der Waals surface area contributed by atoms with Crippen LogP contribution in [0.2, 0.25) is 0 Å². The van der Waals surface area contributed by atoms with Crippen molar-refractivity contribution in [3.63, 3.8) is 0 Å². The Labute approximate surface area is 93.8 Å². The van der Waals surface area contributed by atoms with E-state index in [1.165, 1.54) is 6.07 Å². The quantitative estimate of drug-likeness (QED) is 0.809. The van der Waals surface area contributed by atoms with E-state index in [1.807, 2.05) is 0 Å². The summed E-state index contributed by atoms with van der Waals surface area (Å²) < 4.78 is 25.8. The van der Waals surface area contributed by atoms with Gasteiger partial charge in [-0.05, 0) is 49.5 Å². The number of halogens is 2. The van der Waals surface area contributed by atoms with Crippen molar-refractivity contribution >= 4 is 0 Å². The second-order valence-corrected chi connectivity index (χ2v) is 4.29. The molecule has 1 aliphatic heterocycles. The van der Waals surface area contributed by atoms with Crippen LogP contribution in [0.25, 0.3) is 0 Å². The summed E-state index contributed by atoms with van der Waals surface area (Å²) >= 11 is 0. The lowest BCUT2D eigenvalue weighted by molar-refractivity contribution is 0.321. The molecule has 0 saturated carbocycles. The lowest BCUT2D eigenvalue weighted by Gasteiger charge is -2.28. The van der Waals surface area contributed by atoms with Crippen molar-refractivity contribution in [1.29, 1.82) is 0 Å². The first-order chi connectivity index (χ1) is 7.68. The number of nitrogens with two attached hydrogens (primary N) is 1. The SMILES string of the molecule is N[C@@H](c1ccc(F)c(F)c1)C1CCNCC1. The van der Waals surface area contributed by atoms with Gasteiger partial charge >= 0.3 is 0 Å². The van der Waals surface area contributed by atoms with Gasteiger partial charge in [0.2, 0.25) is 0 Å². The number of rotatable bonds is 2. The average molecular weight is 226 g/mol. The lowest BCUT2D eigenvalue weighted by atomic mass is 9.86. The van der Waals surface area contributed by atoms with Crippen LogP contribution in [-0.2, 0) is 0 Å². The number of hydrogen-bond acceptors (Lipinski definition) is 2. The molecule has 1 aromatic rings. The smallest absolute Gasteiger partial charge is 0.159 e. The largest absolute Gasteiger partial charge is 0.324 e.